The summed E-state index contributed by atoms with van der Waals surface area (Å²) in [6.45, 7) is 2.25. The lowest BCUT2D eigenvalue weighted by molar-refractivity contribution is -0.123. The van der Waals surface area contributed by atoms with Gasteiger partial charge in [0, 0.05) is 23.7 Å². The summed E-state index contributed by atoms with van der Waals surface area (Å²) < 4.78 is 6.09. The molecule has 2 heterocycles. The molecule has 2 aromatic carbocycles. The van der Waals surface area contributed by atoms with Gasteiger partial charge in [0.15, 0.2) is 11.0 Å². The average Bonchev–Trinajstić information content (AvgIpc) is 2.71. The number of nitrogen functional groups attached to an aromatic ring is 1. The third-order valence-electron chi connectivity index (χ3n) is 4.78. The number of hydrogen-bond donors (Lipinski definition) is 2. The Morgan fingerprint density at radius 2 is 2.21 bits per heavy atom. The third kappa shape index (κ3) is 4.01. The molecule has 29 heavy (non-hydrogen) atoms. The number of carbonyl (C=O) groups excluding carboxylic acids is 1. The maximum atomic E-state index is 11.7. The summed E-state index contributed by atoms with van der Waals surface area (Å²) in [6, 6.07) is 9.86. The highest BCUT2D eigenvalue weighted by Gasteiger charge is 2.27. The van der Waals surface area contributed by atoms with Gasteiger partial charge in [-0.1, -0.05) is 48.5 Å². The van der Waals surface area contributed by atoms with Crippen LogP contribution in [0.25, 0.3) is 10.8 Å². The second kappa shape index (κ2) is 8.14. The van der Waals surface area contributed by atoms with E-state index in [-0.39, 0.29) is 17.8 Å². The first-order chi connectivity index (χ1) is 14.0. The number of nitrogens with zero attached hydrogens (tertiary/aromatic N) is 3. The van der Waals surface area contributed by atoms with Crippen molar-refractivity contribution >= 4 is 46.0 Å². The van der Waals surface area contributed by atoms with Crippen molar-refractivity contribution in [1.29, 1.82) is 0 Å². The topological polar surface area (TPSA) is 103 Å². The Labute approximate surface area is 177 Å². The number of ether oxygens (including phenoxy) is 1. The predicted octanol–water partition coefficient (Wildman–Crippen LogP) is 3.35. The second-order valence-corrected chi connectivity index (χ2v) is 8.29. The molecule has 1 amide bonds. The summed E-state index contributed by atoms with van der Waals surface area (Å²) in [7, 11) is 1.62. The number of halogens is 1. The smallest absolute Gasteiger partial charge is 0.224 e. The summed E-state index contributed by atoms with van der Waals surface area (Å²) in [5, 5.41) is 5.95. The number of anilines is 1. The predicted molar refractivity (Wildman–Crippen MR) is 114 cm³/mol. The molecule has 0 saturated heterocycles. The first-order valence-electron chi connectivity index (χ1n) is 9.14. The van der Waals surface area contributed by atoms with E-state index < -0.39 is 6.10 Å². The van der Waals surface area contributed by atoms with Gasteiger partial charge < -0.3 is 15.8 Å². The van der Waals surface area contributed by atoms with E-state index in [4.69, 9.17) is 22.1 Å². The van der Waals surface area contributed by atoms with Crippen molar-refractivity contribution in [2.45, 2.75) is 24.8 Å². The van der Waals surface area contributed by atoms with Gasteiger partial charge in [-0.15, -0.1) is 0 Å². The average molecular weight is 430 g/mol. The number of nitrogens with two attached hydrogens (primary N) is 1. The molecule has 0 spiro atoms. The van der Waals surface area contributed by atoms with Crippen LogP contribution in [0.15, 0.2) is 35.5 Å². The third-order valence-corrected chi connectivity index (χ3v) is 6.11. The summed E-state index contributed by atoms with van der Waals surface area (Å²) in [5.41, 5.74) is 7.95. The highest BCUT2D eigenvalue weighted by molar-refractivity contribution is 7.99. The molecule has 0 saturated carbocycles. The van der Waals surface area contributed by atoms with Crippen molar-refractivity contribution in [3.8, 4) is 0 Å². The van der Waals surface area contributed by atoms with Crippen LogP contribution in [0.4, 0.5) is 5.95 Å². The highest BCUT2D eigenvalue weighted by atomic mass is 35.5. The standard InChI is InChI=1S/C20H20ClN5O2S/c1-10(18(27)23-2)9-29-20-25-17(24-19(22)26-20)16-14-5-3-4-11-6-13(21)7-12(8-28-16)15(11)14/h3-7,10,16H,8-9H2,1-2H3,(H,23,27)(H2,22,24,25,26). The van der Waals surface area contributed by atoms with Crippen molar-refractivity contribution in [3.05, 3.63) is 52.3 Å². The van der Waals surface area contributed by atoms with Crippen LogP contribution < -0.4 is 11.1 Å². The first kappa shape index (κ1) is 19.9. The van der Waals surface area contributed by atoms with Gasteiger partial charge in [-0.25, -0.2) is 4.98 Å². The van der Waals surface area contributed by atoms with Crippen LogP contribution in [0.2, 0.25) is 5.02 Å². The van der Waals surface area contributed by atoms with Gasteiger partial charge in [0.25, 0.3) is 0 Å². The van der Waals surface area contributed by atoms with Crippen molar-refractivity contribution < 1.29 is 9.53 Å². The maximum absolute atomic E-state index is 11.7. The fraction of sp³-hybridized carbons (Fsp3) is 0.300. The molecule has 2 atom stereocenters. The van der Waals surface area contributed by atoms with Gasteiger partial charge in [-0.2, -0.15) is 9.97 Å². The van der Waals surface area contributed by atoms with E-state index in [9.17, 15) is 4.79 Å². The molecule has 1 aromatic heterocycles. The molecule has 1 aliphatic rings. The molecule has 2 unspecified atom stereocenters. The van der Waals surface area contributed by atoms with Crippen LogP contribution in [0.1, 0.15) is 30.0 Å². The van der Waals surface area contributed by atoms with Crippen molar-refractivity contribution in [2.24, 2.45) is 5.92 Å². The van der Waals surface area contributed by atoms with Crippen LogP contribution in [-0.4, -0.2) is 33.7 Å². The Morgan fingerprint density at radius 1 is 1.38 bits per heavy atom. The van der Waals surface area contributed by atoms with Gasteiger partial charge in [0.2, 0.25) is 11.9 Å². The monoisotopic (exact) mass is 429 g/mol. The number of nitrogens with one attached hydrogen (secondary N) is 1. The zero-order valence-electron chi connectivity index (χ0n) is 16.0. The first-order valence-corrected chi connectivity index (χ1v) is 10.5. The summed E-state index contributed by atoms with van der Waals surface area (Å²) in [6.07, 6.45) is -0.451. The molecular weight excluding hydrogens is 410 g/mol. The molecule has 3 aromatic rings. The van der Waals surface area contributed by atoms with E-state index >= 15 is 0 Å². The minimum Gasteiger partial charge on any atom is -0.368 e. The normalized spacial score (nSPS) is 16.6. The fourth-order valence-corrected chi connectivity index (χ4v) is 4.53. The van der Waals surface area contributed by atoms with E-state index in [0.717, 1.165) is 21.9 Å². The van der Waals surface area contributed by atoms with Crippen molar-refractivity contribution in [1.82, 2.24) is 20.3 Å². The van der Waals surface area contributed by atoms with Gasteiger partial charge in [0.1, 0.15) is 6.10 Å². The van der Waals surface area contributed by atoms with Crippen LogP contribution in [-0.2, 0) is 16.1 Å². The molecule has 0 fully saturated rings. The molecule has 7 nitrogen and oxygen atoms in total. The number of aromatic nitrogens is 3. The highest BCUT2D eigenvalue weighted by Crippen LogP contribution is 2.39. The van der Waals surface area contributed by atoms with Crippen LogP contribution in [0.5, 0.6) is 0 Å². The molecule has 1 aliphatic heterocycles. The number of hydrogen-bond acceptors (Lipinski definition) is 7. The molecule has 3 N–H and O–H groups in total. The van der Waals surface area contributed by atoms with Gasteiger partial charge in [-0.05, 0) is 34.0 Å². The van der Waals surface area contributed by atoms with E-state index in [2.05, 4.69) is 20.3 Å². The Balaban J connectivity index is 1.68. The number of benzene rings is 2. The molecule has 4 rings (SSSR count). The molecule has 0 aliphatic carbocycles. The van der Waals surface area contributed by atoms with Gasteiger partial charge >= 0.3 is 0 Å². The minimum atomic E-state index is -0.451. The van der Waals surface area contributed by atoms with Crippen LogP contribution >= 0.6 is 23.4 Å². The van der Waals surface area contributed by atoms with E-state index in [1.54, 1.807) is 7.05 Å². The maximum Gasteiger partial charge on any atom is 0.224 e. The molecule has 0 radical (unpaired) electrons. The molecule has 0 bridgehead atoms. The summed E-state index contributed by atoms with van der Waals surface area (Å²) in [5.74, 6) is 0.911. The van der Waals surface area contributed by atoms with Crippen LogP contribution in [0.3, 0.4) is 0 Å². The molecule has 150 valence electrons. The van der Waals surface area contributed by atoms with Gasteiger partial charge in [-0.3, -0.25) is 4.79 Å². The molecule has 9 heteroatoms. The number of thioether (sulfide) groups is 1. The van der Waals surface area contributed by atoms with E-state index in [0.29, 0.717) is 28.4 Å². The Kier molecular flexibility index (Phi) is 5.58. The fourth-order valence-electron chi connectivity index (χ4n) is 3.41. The lowest BCUT2D eigenvalue weighted by atomic mass is 9.94. The van der Waals surface area contributed by atoms with Gasteiger partial charge in [0.05, 0.1) is 6.61 Å². The second-order valence-electron chi connectivity index (χ2n) is 6.86. The lowest BCUT2D eigenvalue weighted by Crippen LogP contribution is -2.26. The summed E-state index contributed by atoms with van der Waals surface area (Å²) in [4.78, 5) is 24.8. The molecular formula is C20H20ClN5O2S. The van der Waals surface area contributed by atoms with E-state index in [1.807, 2.05) is 37.3 Å². The number of rotatable bonds is 5. The lowest BCUT2D eigenvalue weighted by Gasteiger charge is -2.25. The zero-order valence-corrected chi connectivity index (χ0v) is 17.5. The number of amides is 1. The Hall–Kier alpha value is -2.42. The Bertz CT molecular complexity index is 1090. The Morgan fingerprint density at radius 3 is 3.00 bits per heavy atom. The van der Waals surface area contributed by atoms with Crippen LogP contribution in [0, 0.1) is 5.92 Å². The van der Waals surface area contributed by atoms with E-state index in [1.165, 1.54) is 11.8 Å². The largest absolute Gasteiger partial charge is 0.368 e. The SMILES string of the molecule is CNC(=O)C(C)CSc1nc(N)nc(C2OCc3cc(Cl)cc4cccc2c34)n1. The zero-order chi connectivity index (χ0) is 20.5. The van der Waals surface area contributed by atoms with Crippen molar-refractivity contribution in [2.75, 3.05) is 18.5 Å². The van der Waals surface area contributed by atoms with Crippen molar-refractivity contribution in [3.63, 3.8) is 0 Å². The summed E-state index contributed by atoms with van der Waals surface area (Å²) >= 11 is 7.60. The number of carbonyl (C=O) groups is 1. The quantitative estimate of drug-likeness (QED) is 0.599. The minimum absolute atomic E-state index is 0.0303.